The molecule has 78 valence electrons. The van der Waals surface area contributed by atoms with Crippen LogP contribution in [0, 0.1) is 0 Å². The van der Waals surface area contributed by atoms with Gasteiger partial charge in [-0.05, 0) is 25.3 Å². The second-order valence-corrected chi connectivity index (χ2v) is 4.20. The van der Waals surface area contributed by atoms with Gasteiger partial charge in [0.2, 0.25) is 0 Å². The molecule has 0 radical (unpaired) electrons. The molecule has 0 saturated carbocycles. The van der Waals surface area contributed by atoms with E-state index in [0.717, 1.165) is 6.08 Å². The van der Waals surface area contributed by atoms with Gasteiger partial charge in [0.1, 0.15) is 0 Å². The Kier molecular flexibility index (Phi) is 5.81. The quantitative estimate of drug-likeness (QED) is 0.544. The summed E-state index contributed by atoms with van der Waals surface area (Å²) in [5.41, 5.74) is 0. The van der Waals surface area contributed by atoms with Crippen LogP contribution in [0.2, 0.25) is 0 Å². The summed E-state index contributed by atoms with van der Waals surface area (Å²) < 4.78 is 51.6. The highest BCUT2D eigenvalue weighted by atomic mass is 32.2. The monoisotopic (exact) mass is 214 g/mol. The van der Waals surface area contributed by atoms with Crippen molar-refractivity contribution in [1.29, 1.82) is 0 Å². The van der Waals surface area contributed by atoms with Crippen LogP contribution in [0.4, 0.5) is 8.78 Å². The molecule has 1 N–H and O–H groups in total. The standard InChI is InChI=1S/C7H12F2O3S/c8-7(9)5-3-1-2-4-6-13(10,11)12/h5H,1-4,6H2,(H,10,11,12). The van der Waals surface area contributed by atoms with E-state index < -0.39 is 16.2 Å². The molecule has 3 nitrogen and oxygen atoms in total. The first-order chi connectivity index (χ1) is 5.92. The molecule has 0 spiro atoms. The molecule has 0 saturated heterocycles. The molecule has 0 aromatic carbocycles. The van der Waals surface area contributed by atoms with Crippen molar-refractivity contribution in [1.82, 2.24) is 0 Å². The minimum Gasteiger partial charge on any atom is -0.286 e. The fourth-order valence-electron chi connectivity index (χ4n) is 0.817. The lowest BCUT2D eigenvalue weighted by molar-refractivity contribution is 0.416. The Balaban J connectivity index is 3.33. The third-order valence-corrected chi connectivity index (χ3v) is 2.21. The summed E-state index contributed by atoms with van der Waals surface area (Å²) in [5, 5.41) is 0. The van der Waals surface area contributed by atoms with Gasteiger partial charge in [0.25, 0.3) is 16.2 Å². The number of hydrogen-bond donors (Lipinski definition) is 1. The highest BCUT2D eigenvalue weighted by molar-refractivity contribution is 7.85. The smallest absolute Gasteiger partial charge is 0.266 e. The van der Waals surface area contributed by atoms with Crippen LogP contribution in [0.5, 0.6) is 0 Å². The van der Waals surface area contributed by atoms with Crippen molar-refractivity contribution in [3.63, 3.8) is 0 Å². The van der Waals surface area contributed by atoms with E-state index in [1.807, 2.05) is 0 Å². The topological polar surface area (TPSA) is 54.4 Å². The highest BCUT2D eigenvalue weighted by Crippen LogP contribution is 2.06. The van der Waals surface area contributed by atoms with Crippen LogP contribution < -0.4 is 0 Å². The maximum absolute atomic E-state index is 11.5. The lowest BCUT2D eigenvalue weighted by Crippen LogP contribution is -2.03. The summed E-state index contributed by atoms with van der Waals surface area (Å²) in [5.74, 6) is -0.297. The number of rotatable bonds is 6. The Labute approximate surface area is 76.2 Å². The molecule has 0 fully saturated rings. The van der Waals surface area contributed by atoms with Gasteiger partial charge in [-0.15, -0.1) is 0 Å². The van der Waals surface area contributed by atoms with E-state index in [2.05, 4.69) is 0 Å². The van der Waals surface area contributed by atoms with Gasteiger partial charge in [0.15, 0.2) is 0 Å². The molecule has 6 heteroatoms. The Morgan fingerprint density at radius 1 is 1.23 bits per heavy atom. The second-order valence-electron chi connectivity index (χ2n) is 2.63. The van der Waals surface area contributed by atoms with Crippen molar-refractivity contribution in [3.05, 3.63) is 12.2 Å². The van der Waals surface area contributed by atoms with E-state index in [4.69, 9.17) is 4.55 Å². The van der Waals surface area contributed by atoms with E-state index in [9.17, 15) is 17.2 Å². The van der Waals surface area contributed by atoms with Gasteiger partial charge >= 0.3 is 0 Å². The molecule has 0 bridgehead atoms. The van der Waals surface area contributed by atoms with E-state index in [0.29, 0.717) is 19.3 Å². The van der Waals surface area contributed by atoms with Crippen molar-refractivity contribution in [3.8, 4) is 0 Å². The third kappa shape index (κ3) is 11.5. The van der Waals surface area contributed by atoms with E-state index in [1.54, 1.807) is 0 Å². The molecule has 0 aliphatic heterocycles. The van der Waals surface area contributed by atoms with Gasteiger partial charge in [-0.2, -0.15) is 17.2 Å². The molecule has 0 heterocycles. The predicted octanol–water partition coefficient (Wildman–Crippen LogP) is 2.21. The molecule has 0 aliphatic carbocycles. The molecule has 0 aliphatic rings. The molecule has 0 unspecified atom stereocenters. The zero-order chi connectivity index (χ0) is 10.3. The maximum atomic E-state index is 11.5. The minimum atomic E-state index is -3.89. The number of allylic oxidation sites excluding steroid dienone is 1. The molecule has 0 amide bonds. The Bertz CT molecular complexity index is 255. The molecule has 0 aromatic heterocycles. The molecule has 13 heavy (non-hydrogen) atoms. The van der Waals surface area contributed by atoms with E-state index in [-0.39, 0.29) is 12.2 Å². The zero-order valence-corrected chi connectivity index (χ0v) is 7.86. The maximum Gasteiger partial charge on any atom is 0.266 e. The van der Waals surface area contributed by atoms with Crippen LogP contribution in [-0.2, 0) is 10.1 Å². The third-order valence-electron chi connectivity index (χ3n) is 1.41. The molecule has 0 aromatic rings. The average Bonchev–Trinajstić information content (AvgIpc) is 1.93. The highest BCUT2D eigenvalue weighted by Gasteiger charge is 2.02. The van der Waals surface area contributed by atoms with Crippen molar-refractivity contribution in [2.45, 2.75) is 25.7 Å². The first-order valence-electron chi connectivity index (χ1n) is 3.88. The zero-order valence-electron chi connectivity index (χ0n) is 7.04. The van der Waals surface area contributed by atoms with Gasteiger partial charge in [-0.3, -0.25) is 4.55 Å². The summed E-state index contributed by atoms with van der Waals surface area (Å²) >= 11 is 0. The van der Waals surface area contributed by atoms with Crippen molar-refractivity contribution in [2.24, 2.45) is 0 Å². The molecular weight excluding hydrogens is 202 g/mol. The molecule has 0 atom stereocenters. The van der Waals surface area contributed by atoms with Gasteiger partial charge in [-0.1, -0.05) is 6.42 Å². The van der Waals surface area contributed by atoms with Gasteiger partial charge in [0, 0.05) is 0 Å². The van der Waals surface area contributed by atoms with E-state index in [1.165, 1.54) is 0 Å². The van der Waals surface area contributed by atoms with Gasteiger partial charge < -0.3 is 0 Å². The van der Waals surface area contributed by atoms with Crippen LogP contribution in [-0.4, -0.2) is 18.7 Å². The minimum absolute atomic E-state index is 0.244. The van der Waals surface area contributed by atoms with Gasteiger partial charge in [0.05, 0.1) is 5.75 Å². The van der Waals surface area contributed by atoms with Gasteiger partial charge in [-0.25, -0.2) is 0 Å². The summed E-state index contributed by atoms with van der Waals surface area (Å²) in [7, 11) is -3.89. The number of halogens is 2. The van der Waals surface area contributed by atoms with Crippen molar-refractivity contribution in [2.75, 3.05) is 5.75 Å². The number of hydrogen-bond acceptors (Lipinski definition) is 2. The average molecular weight is 214 g/mol. The molecule has 0 rings (SSSR count). The van der Waals surface area contributed by atoms with Crippen molar-refractivity contribution >= 4 is 10.1 Å². The Morgan fingerprint density at radius 3 is 2.31 bits per heavy atom. The lowest BCUT2D eigenvalue weighted by atomic mass is 10.2. The lowest BCUT2D eigenvalue weighted by Gasteiger charge is -1.96. The van der Waals surface area contributed by atoms with Crippen LogP contribution in [0.1, 0.15) is 25.7 Å². The summed E-state index contributed by atoms with van der Waals surface area (Å²) in [6.07, 6.45) is 0.660. The van der Waals surface area contributed by atoms with E-state index >= 15 is 0 Å². The van der Waals surface area contributed by atoms with Crippen LogP contribution in [0.3, 0.4) is 0 Å². The fraction of sp³-hybridized carbons (Fsp3) is 0.714. The first kappa shape index (κ1) is 12.5. The van der Waals surface area contributed by atoms with Crippen LogP contribution >= 0.6 is 0 Å². The summed E-state index contributed by atoms with van der Waals surface area (Å²) in [6.45, 7) is 0. The number of unbranched alkanes of at least 4 members (excludes halogenated alkanes) is 3. The second kappa shape index (κ2) is 6.04. The SMILES string of the molecule is O=S(=O)(O)CCCCCC=C(F)F. The normalized spacial score (nSPS) is 11.3. The summed E-state index contributed by atoms with van der Waals surface area (Å²) in [4.78, 5) is 0. The Hall–Kier alpha value is -0.490. The van der Waals surface area contributed by atoms with Crippen LogP contribution in [0.15, 0.2) is 12.2 Å². The van der Waals surface area contributed by atoms with Crippen LogP contribution in [0.25, 0.3) is 0 Å². The predicted molar refractivity (Wildman–Crippen MR) is 45.2 cm³/mol. The Morgan fingerprint density at radius 2 is 1.85 bits per heavy atom. The summed E-state index contributed by atoms with van der Waals surface area (Å²) in [6, 6.07) is 0. The first-order valence-corrected chi connectivity index (χ1v) is 5.49. The van der Waals surface area contributed by atoms with Crippen molar-refractivity contribution < 1.29 is 21.8 Å². The largest absolute Gasteiger partial charge is 0.286 e. The fourth-order valence-corrected chi connectivity index (χ4v) is 1.39. The molecular formula is C7H12F2O3S.